The molecular weight excluding hydrogens is 344 g/mol. The van der Waals surface area contributed by atoms with E-state index in [1.165, 1.54) is 16.3 Å². The lowest BCUT2D eigenvalue weighted by molar-refractivity contribution is -0.137. The minimum atomic E-state index is -0.214. The summed E-state index contributed by atoms with van der Waals surface area (Å²) in [5.41, 5.74) is 1.26. The van der Waals surface area contributed by atoms with Crippen molar-refractivity contribution in [2.75, 3.05) is 24.6 Å². The molecule has 24 heavy (non-hydrogen) atoms. The average Bonchev–Trinajstić information content (AvgIpc) is 3.29. The maximum atomic E-state index is 12.7. The first-order valence-electron chi connectivity index (χ1n) is 7.76. The summed E-state index contributed by atoms with van der Waals surface area (Å²) < 4.78 is 0. The maximum Gasteiger partial charge on any atom is 0.291 e. The Bertz CT molecular complexity index is 720. The number of carbonyl (C=O) groups excluding carboxylic acids is 2. The van der Waals surface area contributed by atoms with Crippen LogP contribution in [-0.2, 0) is 4.79 Å². The normalized spacial score (nSPS) is 14.2. The lowest BCUT2D eigenvalue weighted by Crippen LogP contribution is -2.45. The number of rotatable bonds is 5. The molecule has 0 atom stereocenters. The summed E-state index contributed by atoms with van der Waals surface area (Å²) >= 11 is 2.97. The number of amides is 2. The van der Waals surface area contributed by atoms with Gasteiger partial charge in [0.2, 0.25) is 0 Å². The predicted molar refractivity (Wildman–Crippen MR) is 95.7 cm³/mol. The van der Waals surface area contributed by atoms with Gasteiger partial charge in [-0.05, 0) is 24.3 Å². The van der Waals surface area contributed by atoms with E-state index in [9.17, 15) is 9.59 Å². The molecule has 3 rings (SSSR count). The first kappa shape index (κ1) is 16.9. The molecular formula is C16H18N4O2S2. The van der Waals surface area contributed by atoms with Crippen LogP contribution in [0.15, 0.2) is 29.9 Å². The average molecular weight is 362 g/mol. The molecule has 0 radical (unpaired) electrons. The predicted octanol–water partition coefficient (Wildman–Crippen LogP) is 2.55. The third-order valence-electron chi connectivity index (χ3n) is 3.62. The lowest BCUT2D eigenvalue weighted by Gasteiger charge is -2.27. The highest BCUT2D eigenvalue weighted by Gasteiger charge is 2.32. The molecule has 2 amide bonds. The van der Waals surface area contributed by atoms with Crippen molar-refractivity contribution < 1.29 is 9.59 Å². The first-order chi connectivity index (χ1) is 11.7. The van der Waals surface area contributed by atoms with E-state index < -0.39 is 0 Å². The molecule has 2 aromatic rings. The van der Waals surface area contributed by atoms with E-state index in [-0.39, 0.29) is 11.8 Å². The van der Waals surface area contributed by atoms with Gasteiger partial charge in [-0.1, -0.05) is 6.92 Å². The van der Waals surface area contributed by atoms with Crippen molar-refractivity contribution in [3.63, 3.8) is 0 Å². The Balaban J connectivity index is 1.74. The Kier molecular flexibility index (Phi) is 5.47. The second-order valence-electron chi connectivity index (χ2n) is 5.22. The van der Waals surface area contributed by atoms with Gasteiger partial charge in [-0.25, -0.2) is 9.99 Å². The molecule has 6 nitrogen and oxygen atoms in total. The van der Waals surface area contributed by atoms with Crippen LogP contribution in [0.2, 0.25) is 0 Å². The van der Waals surface area contributed by atoms with Crippen molar-refractivity contribution in [2.45, 2.75) is 13.3 Å². The van der Waals surface area contributed by atoms with E-state index in [1.54, 1.807) is 34.5 Å². The molecule has 0 aromatic carbocycles. The van der Waals surface area contributed by atoms with Gasteiger partial charge in [-0.15, -0.1) is 11.3 Å². The van der Waals surface area contributed by atoms with Gasteiger partial charge in [-0.2, -0.15) is 11.8 Å². The van der Waals surface area contributed by atoms with Gasteiger partial charge in [0.15, 0.2) is 0 Å². The van der Waals surface area contributed by atoms with Gasteiger partial charge >= 0.3 is 0 Å². The Morgan fingerprint density at radius 3 is 2.92 bits per heavy atom. The van der Waals surface area contributed by atoms with E-state index in [4.69, 9.17) is 0 Å². The quantitative estimate of drug-likeness (QED) is 0.818. The van der Waals surface area contributed by atoms with Crippen LogP contribution in [0.5, 0.6) is 0 Å². The molecule has 1 aliphatic heterocycles. The van der Waals surface area contributed by atoms with E-state index in [0.717, 1.165) is 22.7 Å². The highest BCUT2D eigenvalue weighted by Crippen LogP contribution is 2.24. The summed E-state index contributed by atoms with van der Waals surface area (Å²) in [7, 11) is 0. The van der Waals surface area contributed by atoms with Crippen LogP contribution in [0.4, 0.5) is 0 Å². The van der Waals surface area contributed by atoms with Crippen LogP contribution >= 0.6 is 23.1 Å². The Morgan fingerprint density at radius 1 is 1.33 bits per heavy atom. The van der Waals surface area contributed by atoms with Crippen LogP contribution in [0.3, 0.4) is 0 Å². The number of aromatic nitrogens is 2. The van der Waals surface area contributed by atoms with Gasteiger partial charge in [0.05, 0.1) is 5.75 Å². The summed E-state index contributed by atoms with van der Waals surface area (Å²) in [6, 6.07) is 3.75. The van der Waals surface area contributed by atoms with Gasteiger partial charge in [-0.3, -0.25) is 19.6 Å². The van der Waals surface area contributed by atoms with Crippen molar-refractivity contribution in [3.05, 3.63) is 35.6 Å². The standard InChI is InChI=1S/C16H18N4O2S2/c1-2-23-11-14(21)19-7-4-8-20(19)16(22)13-10-24-15(18-13)12-5-3-6-17-9-12/h3,5-6,9-10H,2,4,7-8,11H2,1H3. The zero-order chi connectivity index (χ0) is 16.9. The molecule has 0 unspecified atom stereocenters. The Morgan fingerprint density at radius 2 is 2.17 bits per heavy atom. The highest BCUT2D eigenvalue weighted by atomic mass is 32.2. The zero-order valence-corrected chi connectivity index (χ0v) is 15.0. The van der Waals surface area contributed by atoms with E-state index >= 15 is 0 Å². The number of hydrogen-bond donors (Lipinski definition) is 0. The van der Waals surface area contributed by atoms with Crippen molar-refractivity contribution in [1.82, 2.24) is 20.0 Å². The Hall–Kier alpha value is -1.93. The van der Waals surface area contributed by atoms with Gasteiger partial charge in [0, 0.05) is 36.4 Å². The highest BCUT2D eigenvalue weighted by molar-refractivity contribution is 7.99. The SMILES string of the molecule is CCSCC(=O)N1CCCN1C(=O)c1csc(-c2cccnc2)n1. The van der Waals surface area contributed by atoms with Gasteiger partial charge < -0.3 is 0 Å². The van der Waals surface area contributed by atoms with Crippen LogP contribution in [0.25, 0.3) is 10.6 Å². The molecule has 1 saturated heterocycles. The number of thioether (sulfide) groups is 1. The molecule has 1 aliphatic rings. The lowest BCUT2D eigenvalue weighted by atomic mass is 10.3. The first-order valence-corrected chi connectivity index (χ1v) is 9.80. The number of hydrogen-bond acceptors (Lipinski definition) is 6. The Labute approximate surface area is 148 Å². The molecule has 126 valence electrons. The number of pyridine rings is 1. The molecule has 0 spiro atoms. The van der Waals surface area contributed by atoms with Crippen LogP contribution in [0, 0.1) is 0 Å². The van der Waals surface area contributed by atoms with Crippen molar-refractivity contribution in [1.29, 1.82) is 0 Å². The van der Waals surface area contributed by atoms with E-state index in [1.807, 2.05) is 19.1 Å². The van der Waals surface area contributed by atoms with Crippen LogP contribution in [0.1, 0.15) is 23.8 Å². The smallest absolute Gasteiger partial charge is 0.272 e. The molecule has 0 aliphatic carbocycles. The summed E-state index contributed by atoms with van der Waals surface area (Å²) in [4.78, 5) is 33.5. The third-order valence-corrected chi connectivity index (χ3v) is 5.37. The topological polar surface area (TPSA) is 66.4 Å². The number of carbonyl (C=O) groups is 2. The zero-order valence-electron chi connectivity index (χ0n) is 13.3. The molecule has 0 N–H and O–H groups in total. The largest absolute Gasteiger partial charge is 0.291 e. The fourth-order valence-electron chi connectivity index (χ4n) is 2.47. The maximum absolute atomic E-state index is 12.7. The number of thiazole rings is 1. The second kappa shape index (κ2) is 7.76. The summed E-state index contributed by atoms with van der Waals surface area (Å²) in [6.45, 7) is 3.16. The van der Waals surface area contributed by atoms with Crippen molar-refractivity contribution >= 4 is 34.9 Å². The summed E-state index contributed by atoms with van der Waals surface area (Å²) in [5, 5.41) is 5.59. The van der Waals surface area contributed by atoms with E-state index in [2.05, 4.69) is 9.97 Å². The van der Waals surface area contributed by atoms with Gasteiger partial charge in [0.25, 0.3) is 11.8 Å². The molecule has 1 fully saturated rings. The molecule has 8 heteroatoms. The minimum absolute atomic E-state index is 0.0181. The molecule has 0 saturated carbocycles. The fraction of sp³-hybridized carbons (Fsp3) is 0.375. The summed E-state index contributed by atoms with van der Waals surface area (Å²) in [6.07, 6.45) is 4.22. The van der Waals surface area contributed by atoms with Crippen molar-refractivity contribution in [2.24, 2.45) is 0 Å². The van der Waals surface area contributed by atoms with Gasteiger partial charge in [0.1, 0.15) is 10.7 Å². The van der Waals surface area contributed by atoms with Crippen molar-refractivity contribution in [3.8, 4) is 10.6 Å². The molecule has 2 aromatic heterocycles. The number of hydrazine groups is 1. The molecule has 3 heterocycles. The molecule has 0 bridgehead atoms. The van der Waals surface area contributed by atoms with E-state index in [0.29, 0.717) is 24.5 Å². The monoisotopic (exact) mass is 362 g/mol. The third kappa shape index (κ3) is 3.59. The number of nitrogens with zero attached hydrogens (tertiary/aromatic N) is 4. The van der Waals surface area contributed by atoms with Crippen LogP contribution in [-0.4, -0.2) is 56.4 Å². The minimum Gasteiger partial charge on any atom is -0.272 e. The fourth-order valence-corrected chi connectivity index (χ4v) is 3.78. The second-order valence-corrected chi connectivity index (χ2v) is 7.35. The van der Waals surface area contributed by atoms with Crippen LogP contribution < -0.4 is 0 Å². The summed E-state index contributed by atoms with van der Waals surface area (Å²) in [5.74, 6) is 1.05.